The van der Waals surface area contributed by atoms with E-state index in [1.54, 1.807) is 13.0 Å². The molecule has 0 saturated carbocycles. The highest BCUT2D eigenvalue weighted by molar-refractivity contribution is 4.72. The Hall–Kier alpha value is -0.420. The molecule has 0 radical (unpaired) electrons. The van der Waals surface area contributed by atoms with Gasteiger partial charge in [0.25, 0.3) is 0 Å². The second-order valence-corrected chi connectivity index (χ2v) is 2.81. The monoisotopic (exact) mass is 176 g/mol. The molecule has 12 heavy (non-hydrogen) atoms. The lowest BCUT2D eigenvalue weighted by Crippen LogP contribution is -2.33. The van der Waals surface area contributed by atoms with Crippen LogP contribution in [-0.2, 0) is 9.62 Å². The van der Waals surface area contributed by atoms with E-state index in [0.29, 0.717) is 19.6 Å². The van der Waals surface area contributed by atoms with E-state index >= 15 is 0 Å². The van der Waals surface area contributed by atoms with Crippen LogP contribution in [0.2, 0.25) is 0 Å². The highest BCUT2D eigenvalue weighted by Gasteiger charge is 2.23. The van der Waals surface area contributed by atoms with Gasteiger partial charge in [-0.25, -0.2) is 4.89 Å². The molecule has 0 saturated heterocycles. The fraction of sp³-hybridized carbons (Fsp3) is 0.750. The molecular weight excluding hydrogens is 160 g/mol. The zero-order chi connectivity index (χ0) is 9.45. The molecule has 0 aliphatic carbocycles. The van der Waals surface area contributed by atoms with Gasteiger partial charge in [0, 0.05) is 13.0 Å². The van der Waals surface area contributed by atoms with Crippen molar-refractivity contribution in [2.24, 2.45) is 0 Å². The molecule has 0 aromatic carbocycles. The molecule has 0 aliphatic heterocycles. The van der Waals surface area contributed by atoms with Gasteiger partial charge < -0.3 is 9.84 Å². The van der Waals surface area contributed by atoms with Crippen LogP contribution in [0.3, 0.4) is 0 Å². The van der Waals surface area contributed by atoms with Gasteiger partial charge in [0.15, 0.2) is 0 Å². The van der Waals surface area contributed by atoms with E-state index in [1.807, 2.05) is 0 Å². The Morgan fingerprint density at radius 3 is 2.67 bits per heavy atom. The van der Waals surface area contributed by atoms with E-state index in [9.17, 15) is 0 Å². The first-order valence-corrected chi connectivity index (χ1v) is 3.80. The molecule has 1 unspecified atom stereocenters. The van der Waals surface area contributed by atoms with Gasteiger partial charge in [-0.2, -0.15) is 0 Å². The summed E-state index contributed by atoms with van der Waals surface area (Å²) in [5, 5.41) is 17.2. The summed E-state index contributed by atoms with van der Waals surface area (Å²) in [5.74, 6) is 0. The van der Waals surface area contributed by atoms with Crippen LogP contribution in [0.5, 0.6) is 0 Å². The molecule has 0 aromatic rings. The van der Waals surface area contributed by atoms with Crippen LogP contribution in [0.4, 0.5) is 0 Å². The minimum absolute atomic E-state index is 0.235. The van der Waals surface area contributed by atoms with Crippen LogP contribution in [0.1, 0.15) is 13.3 Å². The van der Waals surface area contributed by atoms with Crippen molar-refractivity contribution in [3.05, 3.63) is 12.7 Å². The van der Waals surface area contributed by atoms with E-state index in [1.165, 1.54) is 0 Å². The number of aliphatic hydroxyl groups excluding tert-OH is 1. The summed E-state index contributed by atoms with van der Waals surface area (Å²) in [7, 11) is 0. The van der Waals surface area contributed by atoms with E-state index in [4.69, 9.17) is 15.1 Å². The minimum Gasteiger partial charge on any atom is -0.393 e. The number of hydrogen-bond acceptors (Lipinski definition) is 4. The smallest absolute Gasteiger partial charge is 0.126 e. The van der Waals surface area contributed by atoms with Crippen molar-refractivity contribution in [3.8, 4) is 0 Å². The quantitative estimate of drug-likeness (QED) is 0.261. The van der Waals surface area contributed by atoms with Gasteiger partial charge in [0.2, 0.25) is 0 Å². The first kappa shape index (κ1) is 11.6. The summed E-state index contributed by atoms with van der Waals surface area (Å²) in [6.45, 7) is 5.73. The van der Waals surface area contributed by atoms with Crippen molar-refractivity contribution >= 4 is 0 Å². The lowest BCUT2D eigenvalue weighted by Gasteiger charge is -2.22. The Morgan fingerprint density at radius 2 is 2.25 bits per heavy atom. The van der Waals surface area contributed by atoms with Crippen LogP contribution in [0.15, 0.2) is 12.7 Å². The Balaban J connectivity index is 3.51. The molecule has 0 amide bonds. The van der Waals surface area contributed by atoms with E-state index in [2.05, 4.69) is 11.5 Å². The van der Waals surface area contributed by atoms with Gasteiger partial charge in [-0.1, -0.05) is 6.08 Å². The van der Waals surface area contributed by atoms with Gasteiger partial charge in [-0.3, -0.25) is 5.26 Å². The van der Waals surface area contributed by atoms with Crippen molar-refractivity contribution in [3.63, 3.8) is 0 Å². The number of aliphatic hydroxyl groups is 1. The molecule has 4 nitrogen and oxygen atoms in total. The summed E-state index contributed by atoms with van der Waals surface area (Å²) in [5.41, 5.74) is -0.916. The Kier molecular flexibility index (Phi) is 5.92. The average Bonchev–Trinajstić information content (AvgIpc) is 2.12. The summed E-state index contributed by atoms with van der Waals surface area (Å²) >= 11 is 0. The lowest BCUT2D eigenvalue weighted by atomic mass is 10.1. The maximum absolute atomic E-state index is 8.78. The summed E-state index contributed by atoms with van der Waals surface area (Å²) in [6, 6.07) is 0. The van der Waals surface area contributed by atoms with Crippen molar-refractivity contribution in [2.75, 3.05) is 19.8 Å². The first-order chi connectivity index (χ1) is 5.68. The highest BCUT2D eigenvalue weighted by Crippen LogP contribution is 2.12. The summed E-state index contributed by atoms with van der Waals surface area (Å²) in [4.78, 5) is 4.11. The molecule has 0 aromatic heterocycles. The van der Waals surface area contributed by atoms with Gasteiger partial charge in [0.05, 0.1) is 13.2 Å². The topological polar surface area (TPSA) is 58.9 Å². The van der Waals surface area contributed by atoms with Crippen molar-refractivity contribution < 1.29 is 20.0 Å². The molecule has 4 heteroatoms. The van der Waals surface area contributed by atoms with Gasteiger partial charge in [0.1, 0.15) is 5.60 Å². The number of rotatable bonds is 7. The zero-order valence-corrected chi connectivity index (χ0v) is 7.32. The normalized spacial score (nSPS) is 15.6. The predicted octanol–water partition coefficient (Wildman–Crippen LogP) is 0.820. The van der Waals surface area contributed by atoms with Crippen LogP contribution in [0.25, 0.3) is 0 Å². The Bertz CT molecular complexity index is 120. The van der Waals surface area contributed by atoms with E-state index < -0.39 is 5.60 Å². The van der Waals surface area contributed by atoms with Gasteiger partial charge in [-0.05, 0) is 6.92 Å². The second-order valence-electron chi connectivity index (χ2n) is 2.81. The van der Waals surface area contributed by atoms with Crippen LogP contribution < -0.4 is 0 Å². The third-order valence-electron chi connectivity index (χ3n) is 1.57. The third-order valence-corrected chi connectivity index (χ3v) is 1.57. The standard InChI is InChI=1S/C8H16O4/c1-3-5-11-6-4-8(2,7-9)12-10/h3,9-10H,1,4-7H2,2H3. The first-order valence-electron chi connectivity index (χ1n) is 3.80. The SMILES string of the molecule is C=CCOCCC(C)(CO)OO. The molecule has 0 heterocycles. The average molecular weight is 176 g/mol. The molecule has 0 fully saturated rings. The van der Waals surface area contributed by atoms with Crippen LogP contribution in [-0.4, -0.2) is 35.8 Å². The summed E-state index contributed by atoms with van der Waals surface area (Å²) < 4.78 is 5.06. The van der Waals surface area contributed by atoms with E-state index in [0.717, 1.165) is 0 Å². The molecule has 0 spiro atoms. The number of ether oxygens (including phenoxy) is 1. The molecule has 0 bridgehead atoms. The van der Waals surface area contributed by atoms with Crippen LogP contribution in [0, 0.1) is 0 Å². The second kappa shape index (κ2) is 6.14. The van der Waals surface area contributed by atoms with Crippen molar-refractivity contribution in [1.29, 1.82) is 0 Å². The summed E-state index contributed by atoms with van der Waals surface area (Å²) in [6.07, 6.45) is 2.07. The molecule has 1 atom stereocenters. The van der Waals surface area contributed by atoms with Crippen molar-refractivity contribution in [2.45, 2.75) is 18.9 Å². The molecule has 0 rings (SSSR count). The third kappa shape index (κ3) is 4.46. The number of hydrogen-bond donors (Lipinski definition) is 2. The predicted molar refractivity (Wildman–Crippen MR) is 44.8 cm³/mol. The van der Waals surface area contributed by atoms with E-state index in [-0.39, 0.29) is 6.61 Å². The van der Waals surface area contributed by atoms with Gasteiger partial charge in [-0.15, -0.1) is 6.58 Å². The minimum atomic E-state index is -0.916. The fourth-order valence-corrected chi connectivity index (χ4v) is 0.608. The highest BCUT2D eigenvalue weighted by atomic mass is 17.1. The largest absolute Gasteiger partial charge is 0.393 e. The molecule has 2 N–H and O–H groups in total. The molecule has 0 aliphatic rings. The van der Waals surface area contributed by atoms with Crippen LogP contribution >= 0.6 is 0 Å². The van der Waals surface area contributed by atoms with Gasteiger partial charge >= 0.3 is 0 Å². The van der Waals surface area contributed by atoms with Crippen molar-refractivity contribution in [1.82, 2.24) is 0 Å². The zero-order valence-electron chi connectivity index (χ0n) is 7.32. The fourth-order valence-electron chi connectivity index (χ4n) is 0.608. The maximum Gasteiger partial charge on any atom is 0.126 e. The molecular formula is C8H16O4. The maximum atomic E-state index is 8.78. The lowest BCUT2D eigenvalue weighted by molar-refractivity contribution is -0.328. The Labute approximate surface area is 72.3 Å². The molecule has 72 valence electrons. The Morgan fingerprint density at radius 1 is 1.58 bits per heavy atom.